The molecule has 0 fully saturated rings. The van der Waals surface area contributed by atoms with Crippen LogP contribution in [0.3, 0.4) is 0 Å². The molecule has 0 aliphatic carbocycles. The summed E-state index contributed by atoms with van der Waals surface area (Å²) < 4.78 is 7.20. The lowest BCUT2D eigenvalue weighted by Gasteiger charge is -2.20. The largest absolute Gasteiger partial charge is 0.465 e. The molecule has 4 nitrogen and oxygen atoms in total. The first-order chi connectivity index (χ1) is 10.8. The normalized spacial score (nSPS) is 10.7. The van der Waals surface area contributed by atoms with E-state index in [2.05, 4.69) is 0 Å². The van der Waals surface area contributed by atoms with Crippen LogP contribution in [-0.4, -0.2) is 17.6 Å². The summed E-state index contributed by atoms with van der Waals surface area (Å²) in [6, 6.07) is 5.01. The molecule has 1 heterocycles. The minimum Gasteiger partial charge on any atom is -0.465 e. The standard InChI is InChI=1S/C16H14Cl2INO3/c1-4-20-8(2)13(19)15(21)12(16(22)23-3)14(20)9-5-6-10(17)11(18)7-9/h5-7H,4H2,1-3H3. The van der Waals surface area contributed by atoms with E-state index in [0.717, 1.165) is 5.69 Å². The molecule has 0 N–H and O–H groups in total. The quantitative estimate of drug-likeness (QED) is 0.493. The van der Waals surface area contributed by atoms with E-state index in [0.29, 0.717) is 31.4 Å². The Balaban J connectivity index is 2.96. The number of hydrogen-bond donors (Lipinski definition) is 0. The Hall–Kier alpha value is -1.05. The van der Waals surface area contributed by atoms with Gasteiger partial charge in [0.25, 0.3) is 0 Å². The van der Waals surface area contributed by atoms with E-state index in [1.807, 2.05) is 41.0 Å². The molecule has 122 valence electrons. The number of carbonyl (C=O) groups is 1. The van der Waals surface area contributed by atoms with Gasteiger partial charge in [0.2, 0.25) is 5.43 Å². The molecule has 0 unspecified atom stereocenters. The van der Waals surface area contributed by atoms with Crippen LogP contribution in [0.25, 0.3) is 11.3 Å². The molecule has 0 atom stereocenters. The molecule has 0 aliphatic heterocycles. The summed E-state index contributed by atoms with van der Waals surface area (Å²) in [5, 5.41) is 0.758. The van der Waals surface area contributed by atoms with Crippen LogP contribution < -0.4 is 5.43 Å². The van der Waals surface area contributed by atoms with Crippen LogP contribution in [-0.2, 0) is 11.3 Å². The fourth-order valence-corrected chi connectivity index (χ4v) is 3.29. The minimum absolute atomic E-state index is 0.00254. The summed E-state index contributed by atoms with van der Waals surface area (Å²) in [5.41, 5.74) is 1.56. The van der Waals surface area contributed by atoms with Gasteiger partial charge in [0.1, 0.15) is 5.56 Å². The van der Waals surface area contributed by atoms with Crippen molar-refractivity contribution in [3.05, 3.63) is 53.3 Å². The molecule has 7 heteroatoms. The Morgan fingerprint density at radius 1 is 1.30 bits per heavy atom. The van der Waals surface area contributed by atoms with Gasteiger partial charge in [-0.15, -0.1) is 0 Å². The van der Waals surface area contributed by atoms with Crippen molar-refractivity contribution < 1.29 is 9.53 Å². The van der Waals surface area contributed by atoms with E-state index in [9.17, 15) is 9.59 Å². The van der Waals surface area contributed by atoms with Crippen LogP contribution in [0.4, 0.5) is 0 Å². The van der Waals surface area contributed by atoms with Crippen molar-refractivity contribution in [2.45, 2.75) is 20.4 Å². The predicted molar refractivity (Wildman–Crippen MR) is 101 cm³/mol. The first kappa shape index (κ1) is 18.3. The van der Waals surface area contributed by atoms with E-state index >= 15 is 0 Å². The van der Waals surface area contributed by atoms with Crippen LogP contribution in [0.1, 0.15) is 23.0 Å². The minimum atomic E-state index is -0.670. The predicted octanol–water partition coefficient (Wildman–Crippen LogP) is 4.54. The van der Waals surface area contributed by atoms with Gasteiger partial charge in [-0.25, -0.2) is 4.79 Å². The highest BCUT2D eigenvalue weighted by molar-refractivity contribution is 14.1. The van der Waals surface area contributed by atoms with Gasteiger partial charge in [0.15, 0.2) is 0 Å². The molecular formula is C16H14Cl2INO3. The molecule has 1 aromatic heterocycles. The van der Waals surface area contributed by atoms with Gasteiger partial charge in [-0.05, 0) is 48.6 Å². The van der Waals surface area contributed by atoms with Crippen molar-refractivity contribution in [2.24, 2.45) is 0 Å². The fraction of sp³-hybridized carbons (Fsp3) is 0.250. The number of esters is 1. The first-order valence-electron chi connectivity index (χ1n) is 6.80. The molecule has 0 amide bonds. The topological polar surface area (TPSA) is 48.3 Å². The average Bonchev–Trinajstić information content (AvgIpc) is 2.54. The number of methoxy groups -OCH3 is 1. The number of halogens is 3. The third-order valence-electron chi connectivity index (χ3n) is 3.55. The third-order valence-corrected chi connectivity index (χ3v) is 5.56. The van der Waals surface area contributed by atoms with Crippen LogP contribution in [0, 0.1) is 10.5 Å². The number of hydrogen-bond acceptors (Lipinski definition) is 3. The maximum atomic E-state index is 12.6. The van der Waals surface area contributed by atoms with Crippen molar-refractivity contribution in [1.82, 2.24) is 4.57 Å². The molecule has 0 bridgehead atoms. The zero-order valence-electron chi connectivity index (χ0n) is 12.7. The van der Waals surface area contributed by atoms with Crippen molar-refractivity contribution in [1.29, 1.82) is 0 Å². The molecule has 1 aromatic carbocycles. The lowest BCUT2D eigenvalue weighted by atomic mass is 10.0. The second kappa shape index (κ2) is 7.23. The lowest BCUT2D eigenvalue weighted by Crippen LogP contribution is -2.26. The van der Waals surface area contributed by atoms with Crippen LogP contribution in [0.2, 0.25) is 10.0 Å². The van der Waals surface area contributed by atoms with Crippen molar-refractivity contribution in [3.63, 3.8) is 0 Å². The van der Waals surface area contributed by atoms with Gasteiger partial charge in [0.05, 0.1) is 26.4 Å². The van der Waals surface area contributed by atoms with E-state index in [4.69, 9.17) is 27.9 Å². The van der Waals surface area contributed by atoms with Gasteiger partial charge in [0, 0.05) is 17.8 Å². The van der Waals surface area contributed by atoms with Gasteiger partial charge in [-0.3, -0.25) is 4.79 Å². The number of carbonyl (C=O) groups excluding carboxylic acids is 1. The fourth-order valence-electron chi connectivity index (χ4n) is 2.43. The highest BCUT2D eigenvalue weighted by Crippen LogP contribution is 2.31. The molecule has 2 rings (SSSR count). The highest BCUT2D eigenvalue weighted by atomic mass is 127. The Bertz CT molecular complexity index is 846. The van der Waals surface area contributed by atoms with E-state index in [1.54, 1.807) is 18.2 Å². The SMILES string of the molecule is CCn1c(C)c(I)c(=O)c(C(=O)OC)c1-c1ccc(Cl)c(Cl)c1. The maximum absolute atomic E-state index is 12.6. The molecule has 2 aromatic rings. The zero-order chi connectivity index (χ0) is 17.3. The van der Waals surface area contributed by atoms with Crippen molar-refractivity contribution in [3.8, 4) is 11.3 Å². The summed E-state index contributed by atoms with van der Waals surface area (Å²) >= 11 is 14.0. The van der Waals surface area contributed by atoms with Crippen LogP contribution >= 0.6 is 45.8 Å². The Morgan fingerprint density at radius 3 is 2.48 bits per heavy atom. The molecule has 0 saturated heterocycles. The number of pyridine rings is 1. The number of nitrogens with zero attached hydrogens (tertiary/aromatic N) is 1. The summed E-state index contributed by atoms with van der Waals surface area (Å²) in [5.74, 6) is -0.670. The average molecular weight is 466 g/mol. The van der Waals surface area contributed by atoms with Crippen LogP contribution in [0.5, 0.6) is 0 Å². The lowest BCUT2D eigenvalue weighted by molar-refractivity contribution is 0.0599. The van der Waals surface area contributed by atoms with Crippen LogP contribution in [0.15, 0.2) is 23.0 Å². The maximum Gasteiger partial charge on any atom is 0.344 e. The first-order valence-corrected chi connectivity index (χ1v) is 8.63. The molecular weight excluding hydrogens is 452 g/mol. The monoisotopic (exact) mass is 465 g/mol. The van der Waals surface area contributed by atoms with E-state index in [-0.39, 0.29) is 11.0 Å². The number of benzene rings is 1. The molecule has 0 aliphatic rings. The Morgan fingerprint density at radius 2 is 1.96 bits per heavy atom. The molecule has 0 radical (unpaired) electrons. The number of rotatable bonds is 3. The summed E-state index contributed by atoms with van der Waals surface area (Å²) in [6.45, 7) is 4.37. The Labute approximate surface area is 157 Å². The smallest absolute Gasteiger partial charge is 0.344 e. The summed E-state index contributed by atoms with van der Waals surface area (Å²) in [7, 11) is 1.25. The van der Waals surface area contributed by atoms with E-state index in [1.165, 1.54) is 7.11 Å². The van der Waals surface area contributed by atoms with Gasteiger partial charge < -0.3 is 9.30 Å². The van der Waals surface area contributed by atoms with E-state index < -0.39 is 5.97 Å². The van der Waals surface area contributed by atoms with Gasteiger partial charge >= 0.3 is 5.97 Å². The molecule has 23 heavy (non-hydrogen) atoms. The summed E-state index contributed by atoms with van der Waals surface area (Å²) in [6.07, 6.45) is 0. The molecule has 0 saturated carbocycles. The van der Waals surface area contributed by atoms with Gasteiger partial charge in [-0.2, -0.15) is 0 Å². The highest BCUT2D eigenvalue weighted by Gasteiger charge is 2.25. The van der Waals surface area contributed by atoms with Crippen molar-refractivity contribution in [2.75, 3.05) is 7.11 Å². The second-order valence-electron chi connectivity index (χ2n) is 4.82. The summed E-state index contributed by atoms with van der Waals surface area (Å²) in [4.78, 5) is 24.8. The Kier molecular flexibility index (Phi) is 5.75. The number of aromatic nitrogens is 1. The molecule has 0 spiro atoms. The van der Waals surface area contributed by atoms with Gasteiger partial charge in [-0.1, -0.05) is 29.3 Å². The number of ether oxygens (including phenoxy) is 1. The van der Waals surface area contributed by atoms with Crippen molar-refractivity contribution >= 4 is 51.8 Å². The third kappa shape index (κ3) is 3.27. The second-order valence-corrected chi connectivity index (χ2v) is 6.71. The zero-order valence-corrected chi connectivity index (χ0v) is 16.4.